The summed E-state index contributed by atoms with van der Waals surface area (Å²) >= 11 is 0. The second kappa shape index (κ2) is 30.9. The highest BCUT2D eigenvalue weighted by atomic mass is 16.4. The molecule has 7 unspecified atom stereocenters. The van der Waals surface area contributed by atoms with Crippen molar-refractivity contribution >= 4 is 53.3 Å². The number of carboxylic acid groups (broad SMARTS) is 1. The summed E-state index contributed by atoms with van der Waals surface area (Å²) in [5.41, 5.74) is 10.4. The van der Waals surface area contributed by atoms with Gasteiger partial charge in [0.25, 0.3) is 0 Å². The Balaban J connectivity index is 5.15. The number of hydrogen-bond acceptors (Lipinski definition) is 12. The van der Waals surface area contributed by atoms with Crippen LogP contribution in [0.1, 0.15) is 118 Å². The number of nitrogens with one attached hydrogen (secondary N) is 8. The summed E-state index contributed by atoms with van der Waals surface area (Å²) in [5, 5.41) is 63.1. The molecule has 0 saturated heterocycles. The van der Waals surface area contributed by atoms with Crippen molar-refractivity contribution in [1.29, 1.82) is 5.41 Å². The minimum absolute atomic E-state index is 0.00946. The van der Waals surface area contributed by atoms with Crippen LogP contribution < -0.4 is 48.7 Å². The Morgan fingerprint density at radius 1 is 0.541 bits per heavy atom. The van der Waals surface area contributed by atoms with Crippen molar-refractivity contribution in [2.75, 3.05) is 19.8 Å². The number of unbranched alkanes of at least 4 members (excludes halogenated alkanes) is 9. The van der Waals surface area contributed by atoms with Crippen molar-refractivity contribution in [1.82, 2.24) is 37.2 Å². The number of primary amides is 1. The zero-order valence-electron chi connectivity index (χ0n) is 36.2. The number of guanidine groups is 1. The average molecular weight is 873 g/mol. The van der Waals surface area contributed by atoms with Crippen LogP contribution in [0.25, 0.3) is 0 Å². The quantitative estimate of drug-likeness (QED) is 0.0187. The molecule has 0 spiro atoms. The van der Waals surface area contributed by atoms with Gasteiger partial charge in [-0.1, -0.05) is 85.5 Å². The fraction of sp³-hybridized carbons (Fsp3) is 0.769. The zero-order valence-corrected chi connectivity index (χ0v) is 36.2. The molecule has 0 radical (unpaired) electrons. The second-order valence-electron chi connectivity index (χ2n) is 15.8. The van der Waals surface area contributed by atoms with Gasteiger partial charge in [0, 0.05) is 6.54 Å². The third-order valence-electron chi connectivity index (χ3n) is 9.61. The number of carbonyl (C=O) groups excluding carboxylic acids is 7. The molecule has 0 aromatic carbocycles. The second-order valence-corrected chi connectivity index (χ2v) is 15.8. The highest BCUT2D eigenvalue weighted by Gasteiger charge is 2.35. The molecule has 0 rings (SSSR count). The maximum atomic E-state index is 13.5. The van der Waals surface area contributed by atoms with Crippen molar-refractivity contribution in [3.63, 3.8) is 0 Å². The molecule has 0 saturated carbocycles. The zero-order chi connectivity index (χ0) is 46.7. The van der Waals surface area contributed by atoms with Gasteiger partial charge in [0.1, 0.15) is 36.3 Å². The molecule has 7 atom stereocenters. The van der Waals surface area contributed by atoms with Crippen LogP contribution >= 0.6 is 0 Å². The fourth-order valence-corrected chi connectivity index (χ4v) is 5.99. The van der Waals surface area contributed by atoms with Gasteiger partial charge in [-0.2, -0.15) is 0 Å². The van der Waals surface area contributed by atoms with Crippen LogP contribution in [0.3, 0.4) is 0 Å². The van der Waals surface area contributed by atoms with E-state index in [0.717, 1.165) is 64.7 Å². The molecular formula is C39H72N10O12. The maximum Gasteiger partial charge on any atom is 0.325 e. The first-order chi connectivity index (χ1) is 28.6. The summed E-state index contributed by atoms with van der Waals surface area (Å²) in [6, 6.07) is -8.84. The van der Waals surface area contributed by atoms with Crippen LogP contribution in [0.4, 0.5) is 0 Å². The molecule has 0 aromatic rings. The van der Waals surface area contributed by atoms with Crippen LogP contribution in [0.15, 0.2) is 0 Å². The minimum atomic E-state index is -1.70. The first-order valence-corrected chi connectivity index (χ1v) is 20.9. The monoisotopic (exact) mass is 873 g/mol. The van der Waals surface area contributed by atoms with E-state index in [1.54, 1.807) is 27.7 Å². The van der Waals surface area contributed by atoms with Crippen molar-refractivity contribution in [3.8, 4) is 0 Å². The maximum absolute atomic E-state index is 13.5. The van der Waals surface area contributed by atoms with Gasteiger partial charge in [0.15, 0.2) is 5.96 Å². The minimum Gasteiger partial charge on any atom is -0.480 e. The predicted octanol–water partition coefficient (Wildman–Crippen LogP) is -2.30. The Hall–Kier alpha value is -5.09. The number of nitrogens with two attached hydrogens (primary N) is 2. The third kappa shape index (κ3) is 24.7. The van der Waals surface area contributed by atoms with Gasteiger partial charge >= 0.3 is 5.97 Å². The van der Waals surface area contributed by atoms with Crippen LogP contribution in [0.5, 0.6) is 0 Å². The highest BCUT2D eigenvalue weighted by molar-refractivity contribution is 5.98. The molecule has 22 nitrogen and oxygen atoms in total. The number of carboxylic acids is 1. The first kappa shape index (κ1) is 55.9. The van der Waals surface area contributed by atoms with E-state index in [9.17, 15) is 53.7 Å². The predicted molar refractivity (Wildman–Crippen MR) is 224 cm³/mol. The summed E-state index contributed by atoms with van der Waals surface area (Å²) in [6.45, 7) is 6.37. The molecular weight excluding hydrogens is 800 g/mol. The summed E-state index contributed by atoms with van der Waals surface area (Å²) in [6.07, 6.45) is 8.65. The van der Waals surface area contributed by atoms with E-state index in [1.807, 2.05) is 0 Å². The van der Waals surface area contributed by atoms with E-state index >= 15 is 0 Å². The number of amides is 7. The van der Waals surface area contributed by atoms with E-state index in [0.29, 0.717) is 19.4 Å². The lowest BCUT2D eigenvalue weighted by Crippen LogP contribution is -2.62. The summed E-state index contributed by atoms with van der Waals surface area (Å²) in [7, 11) is 0. The van der Waals surface area contributed by atoms with Gasteiger partial charge in [0.05, 0.1) is 32.2 Å². The van der Waals surface area contributed by atoms with E-state index in [4.69, 9.17) is 22.0 Å². The summed E-state index contributed by atoms with van der Waals surface area (Å²) in [4.78, 5) is 101. The number of aliphatic carboxylic acids is 1. The van der Waals surface area contributed by atoms with Gasteiger partial charge < -0.3 is 69.1 Å². The number of hydrogen-bond donors (Lipinski definition) is 14. The molecule has 22 heteroatoms. The number of carbonyl (C=O) groups is 8. The Labute approximate surface area is 357 Å². The van der Waals surface area contributed by atoms with Gasteiger partial charge in [-0.15, -0.1) is 0 Å². The summed E-state index contributed by atoms with van der Waals surface area (Å²) < 4.78 is 0. The van der Waals surface area contributed by atoms with Gasteiger partial charge in [-0.25, -0.2) is 0 Å². The lowest BCUT2D eigenvalue weighted by Gasteiger charge is -2.29. The Morgan fingerprint density at radius 3 is 1.41 bits per heavy atom. The summed E-state index contributed by atoms with van der Waals surface area (Å²) in [5.74, 6) is -9.18. The smallest absolute Gasteiger partial charge is 0.325 e. The molecule has 61 heavy (non-hydrogen) atoms. The van der Waals surface area contributed by atoms with Crippen molar-refractivity contribution in [3.05, 3.63) is 0 Å². The lowest BCUT2D eigenvalue weighted by molar-refractivity contribution is -0.142. The highest BCUT2D eigenvalue weighted by Crippen LogP contribution is 2.13. The van der Waals surface area contributed by atoms with Gasteiger partial charge in [0.2, 0.25) is 41.4 Å². The van der Waals surface area contributed by atoms with Crippen LogP contribution in [0, 0.1) is 17.2 Å². The van der Waals surface area contributed by atoms with Crippen LogP contribution in [-0.4, -0.2) is 136 Å². The molecule has 16 N–H and O–H groups in total. The van der Waals surface area contributed by atoms with E-state index in [1.165, 1.54) is 0 Å². The third-order valence-corrected chi connectivity index (χ3v) is 9.61. The van der Waals surface area contributed by atoms with Crippen molar-refractivity contribution < 1.29 is 58.8 Å². The van der Waals surface area contributed by atoms with E-state index in [-0.39, 0.29) is 12.4 Å². The lowest BCUT2D eigenvalue weighted by atomic mass is 9.99. The SMILES string of the molecule is CC(NC(=O)C(CC(N)=O)NC(=O)C(CO)NC(=O)C(NC(=O)C(NC(=O)C(CO)NC(=O)CC(O)CCCCCCCCCCCCNC(=N)N)C(C)C)C(C)C)C(=O)O. The largest absolute Gasteiger partial charge is 0.480 e. The molecule has 0 fully saturated rings. The topological polar surface area (TPSA) is 378 Å². The van der Waals surface area contributed by atoms with Crippen LogP contribution in [-0.2, 0) is 38.4 Å². The Morgan fingerprint density at radius 2 is 0.951 bits per heavy atom. The van der Waals surface area contributed by atoms with Gasteiger partial charge in [-0.3, -0.25) is 43.8 Å². The molecule has 0 aliphatic heterocycles. The average Bonchev–Trinajstić information content (AvgIpc) is 3.17. The van der Waals surface area contributed by atoms with E-state index < -0.39 is 121 Å². The molecule has 0 aromatic heterocycles. The molecule has 7 amide bonds. The molecule has 0 bridgehead atoms. The first-order valence-electron chi connectivity index (χ1n) is 20.9. The Bertz CT molecular complexity index is 1430. The fourth-order valence-electron chi connectivity index (χ4n) is 5.99. The van der Waals surface area contributed by atoms with Crippen LogP contribution in [0.2, 0.25) is 0 Å². The molecule has 0 heterocycles. The number of aliphatic hydroxyl groups excluding tert-OH is 3. The standard InChI is InChI=1S/C39H72N10O12/c1-22(2)31(36(58)47-28(21-51)34(56)46-26(19-29(40)53)33(55)44-24(5)38(60)61)49-37(59)32(23(3)4)48-35(57)27(20-50)45-30(54)18-25(52)16-14-12-10-8-6-7-9-11-13-15-17-43-39(41)42/h22-28,31-32,50-52H,6-21H2,1-5H3,(H2,40,53)(H,44,55)(H,45,54)(H,46,56)(H,47,58)(H,48,57)(H,49,59)(H,60,61)(H4,41,42,43). The van der Waals surface area contributed by atoms with E-state index in [2.05, 4.69) is 37.2 Å². The normalized spacial score (nSPS) is 14.6. The number of aliphatic hydroxyl groups is 3. The Kier molecular flexibility index (Phi) is 28.3. The van der Waals surface area contributed by atoms with Crippen molar-refractivity contribution in [2.45, 2.75) is 160 Å². The van der Waals surface area contributed by atoms with Gasteiger partial charge in [-0.05, 0) is 31.6 Å². The van der Waals surface area contributed by atoms with Crippen molar-refractivity contribution in [2.24, 2.45) is 23.3 Å². The molecule has 0 aliphatic carbocycles. The molecule has 0 aliphatic rings. The molecule has 350 valence electrons. The number of rotatable bonds is 33.